The van der Waals surface area contributed by atoms with Gasteiger partial charge in [0.1, 0.15) is 0 Å². The Morgan fingerprint density at radius 1 is 1.03 bits per heavy atom. The van der Waals surface area contributed by atoms with E-state index in [1.165, 1.54) is 11.8 Å². The van der Waals surface area contributed by atoms with Gasteiger partial charge in [0.2, 0.25) is 5.91 Å². The number of carbonyl (C=O) groups excluding carboxylic acids is 1. The molecule has 0 unspecified atom stereocenters. The first kappa shape index (κ1) is 22.1. The van der Waals surface area contributed by atoms with E-state index in [9.17, 15) is 4.79 Å². The van der Waals surface area contributed by atoms with E-state index in [0.29, 0.717) is 33.3 Å². The molecule has 1 aliphatic rings. The highest BCUT2D eigenvalue weighted by atomic mass is 35.5. The van der Waals surface area contributed by atoms with Crippen LogP contribution in [0, 0.1) is 0 Å². The van der Waals surface area contributed by atoms with Crippen LogP contribution in [0.2, 0.25) is 10.0 Å². The highest BCUT2D eigenvalue weighted by Gasteiger charge is 2.22. The minimum atomic E-state index is 0.124. The summed E-state index contributed by atoms with van der Waals surface area (Å²) in [6.07, 6.45) is 0. The van der Waals surface area contributed by atoms with E-state index >= 15 is 0 Å². The van der Waals surface area contributed by atoms with Gasteiger partial charge in [0.25, 0.3) is 0 Å². The third-order valence-corrected chi connectivity index (χ3v) is 6.75. The Bertz CT molecular complexity index is 1050. The fourth-order valence-electron chi connectivity index (χ4n) is 3.45. The minimum Gasteiger partial charge on any atom is -0.339 e. The normalized spacial score (nSPS) is 14.7. The van der Waals surface area contributed by atoms with Gasteiger partial charge in [0.15, 0.2) is 11.0 Å². The number of benzene rings is 2. The molecule has 0 atom stereocenters. The predicted octanol–water partition coefficient (Wildman–Crippen LogP) is 4.17. The second-order valence-electron chi connectivity index (χ2n) is 7.47. The first-order valence-electron chi connectivity index (χ1n) is 10.0. The van der Waals surface area contributed by atoms with Crippen LogP contribution in [0.5, 0.6) is 0 Å². The van der Waals surface area contributed by atoms with Crippen LogP contribution in [-0.4, -0.2) is 69.5 Å². The molecule has 162 valence electrons. The van der Waals surface area contributed by atoms with Gasteiger partial charge in [0.05, 0.1) is 17.3 Å². The molecular formula is C22H23Cl2N5OS. The Morgan fingerprint density at radius 2 is 1.77 bits per heavy atom. The molecule has 1 aliphatic heterocycles. The van der Waals surface area contributed by atoms with E-state index in [1.807, 2.05) is 33.7 Å². The fourth-order valence-corrected chi connectivity index (χ4v) is 4.78. The smallest absolute Gasteiger partial charge is 0.233 e. The van der Waals surface area contributed by atoms with Crippen LogP contribution in [0.3, 0.4) is 0 Å². The summed E-state index contributed by atoms with van der Waals surface area (Å²) in [5.41, 5.74) is 1.87. The molecule has 0 spiro atoms. The van der Waals surface area contributed by atoms with E-state index in [0.717, 1.165) is 37.3 Å². The van der Waals surface area contributed by atoms with Crippen LogP contribution < -0.4 is 0 Å². The summed E-state index contributed by atoms with van der Waals surface area (Å²) in [5, 5.41) is 10.6. The standard InChI is InChI=1S/C22H23Cl2N5OS/c1-27-9-11-28(12-10-27)20(30)15-31-22-26-25-21(18-8-7-17(23)13-19(18)24)29(22)14-16-5-3-2-4-6-16/h2-8,13H,9-12,14-15H2,1H3. The highest BCUT2D eigenvalue weighted by Crippen LogP contribution is 2.32. The van der Waals surface area contributed by atoms with Crippen molar-refractivity contribution in [2.45, 2.75) is 11.7 Å². The molecule has 0 radical (unpaired) electrons. The Morgan fingerprint density at radius 3 is 2.48 bits per heavy atom. The quantitative estimate of drug-likeness (QED) is 0.500. The number of nitrogens with zero attached hydrogens (tertiary/aromatic N) is 5. The zero-order valence-electron chi connectivity index (χ0n) is 17.2. The summed E-state index contributed by atoms with van der Waals surface area (Å²) in [6.45, 7) is 3.91. The van der Waals surface area contributed by atoms with Crippen molar-refractivity contribution in [3.05, 3.63) is 64.1 Å². The molecule has 0 bridgehead atoms. The van der Waals surface area contributed by atoms with E-state index < -0.39 is 0 Å². The Labute approximate surface area is 196 Å². The number of piperazine rings is 1. The molecule has 2 aromatic carbocycles. The van der Waals surface area contributed by atoms with Crippen molar-refractivity contribution >= 4 is 40.9 Å². The maximum atomic E-state index is 12.7. The van der Waals surface area contributed by atoms with E-state index in [1.54, 1.807) is 12.1 Å². The third kappa shape index (κ3) is 5.41. The van der Waals surface area contributed by atoms with E-state index in [2.05, 4.69) is 34.3 Å². The fraction of sp³-hybridized carbons (Fsp3) is 0.318. The second kappa shape index (κ2) is 10.0. The SMILES string of the molecule is CN1CCN(C(=O)CSc2nnc(-c3ccc(Cl)cc3Cl)n2Cc2ccccc2)CC1. The molecule has 1 aromatic heterocycles. The molecule has 4 rings (SSSR count). The summed E-state index contributed by atoms with van der Waals surface area (Å²) in [7, 11) is 2.08. The van der Waals surface area contributed by atoms with Crippen molar-refractivity contribution in [1.29, 1.82) is 0 Å². The van der Waals surface area contributed by atoms with Crippen LogP contribution in [0.15, 0.2) is 53.7 Å². The first-order chi connectivity index (χ1) is 15.0. The Hall–Kier alpha value is -2.06. The topological polar surface area (TPSA) is 54.3 Å². The molecular weight excluding hydrogens is 453 g/mol. The first-order valence-corrected chi connectivity index (χ1v) is 11.8. The number of rotatable bonds is 6. The lowest BCUT2D eigenvalue weighted by molar-refractivity contribution is -0.129. The van der Waals surface area contributed by atoms with Gasteiger partial charge in [-0.2, -0.15) is 0 Å². The van der Waals surface area contributed by atoms with Crippen LogP contribution >= 0.6 is 35.0 Å². The number of thioether (sulfide) groups is 1. The molecule has 1 saturated heterocycles. The molecule has 1 amide bonds. The van der Waals surface area contributed by atoms with Crippen LogP contribution in [0.4, 0.5) is 0 Å². The summed E-state index contributed by atoms with van der Waals surface area (Å²) >= 11 is 13.9. The molecule has 3 aromatic rings. The number of halogens is 2. The lowest BCUT2D eigenvalue weighted by Crippen LogP contribution is -2.47. The number of amides is 1. The van der Waals surface area contributed by atoms with E-state index in [-0.39, 0.29) is 5.91 Å². The molecule has 31 heavy (non-hydrogen) atoms. The van der Waals surface area contributed by atoms with Gasteiger partial charge in [-0.1, -0.05) is 65.3 Å². The van der Waals surface area contributed by atoms with Gasteiger partial charge < -0.3 is 9.80 Å². The molecule has 2 heterocycles. The van der Waals surface area contributed by atoms with Gasteiger partial charge >= 0.3 is 0 Å². The number of hydrogen-bond acceptors (Lipinski definition) is 5. The molecule has 1 fully saturated rings. The maximum absolute atomic E-state index is 12.7. The van der Waals surface area contributed by atoms with Crippen LogP contribution in [0.1, 0.15) is 5.56 Å². The monoisotopic (exact) mass is 475 g/mol. The molecule has 9 heteroatoms. The number of aromatic nitrogens is 3. The Kier molecular flexibility index (Phi) is 7.17. The van der Waals surface area contributed by atoms with E-state index in [4.69, 9.17) is 23.2 Å². The van der Waals surface area contributed by atoms with Gasteiger partial charge in [-0.05, 0) is 30.8 Å². The second-order valence-corrected chi connectivity index (χ2v) is 9.26. The van der Waals surface area contributed by atoms with Crippen molar-refractivity contribution < 1.29 is 4.79 Å². The van der Waals surface area contributed by atoms with Gasteiger partial charge in [-0.15, -0.1) is 10.2 Å². The molecule has 0 N–H and O–H groups in total. The van der Waals surface area contributed by atoms with Gasteiger partial charge in [-0.25, -0.2) is 0 Å². The largest absolute Gasteiger partial charge is 0.339 e. The van der Waals surface area contributed by atoms with Crippen LogP contribution in [-0.2, 0) is 11.3 Å². The third-order valence-electron chi connectivity index (χ3n) is 5.25. The van der Waals surface area contributed by atoms with Gasteiger partial charge in [0, 0.05) is 36.8 Å². The van der Waals surface area contributed by atoms with Crippen molar-refractivity contribution in [1.82, 2.24) is 24.6 Å². The highest BCUT2D eigenvalue weighted by molar-refractivity contribution is 7.99. The average molecular weight is 476 g/mol. The maximum Gasteiger partial charge on any atom is 0.233 e. The van der Waals surface area contributed by atoms with Crippen molar-refractivity contribution in [2.24, 2.45) is 0 Å². The lowest BCUT2D eigenvalue weighted by Gasteiger charge is -2.32. The summed E-state index contributed by atoms with van der Waals surface area (Å²) in [5.74, 6) is 1.10. The minimum absolute atomic E-state index is 0.124. The molecule has 0 aliphatic carbocycles. The number of likely N-dealkylation sites (N-methyl/N-ethyl adjacent to an activating group) is 1. The van der Waals surface area contributed by atoms with Crippen molar-refractivity contribution in [3.63, 3.8) is 0 Å². The summed E-state index contributed by atoms with van der Waals surface area (Å²) < 4.78 is 2.01. The Balaban J connectivity index is 1.58. The lowest BCUT2D eigenvalue weighted by atomic mass is 10.2. The number of carbonyl (C=O) groups is 1. The summed E-state index contributed by atoms with van der Waals surface area (Å²) in [6, 6.07) is 15.4. The molecule has 6 nitrogen and oxygen atoms in total. The zero-order chi connectivity index (χ0) is 21.8. The predicted molar refractivity (Wildman–Crippen MR) is 126 cm³/mol. The summed E-state index contributed by atoms with van der Waals surface area (Å²) in [4.78, 5) is 16.9. The van der Waals surface area contributed by atoms with Crippen molar-refractivity contribution in [3.8, 4) is 11.4 Å². The molecule has 0 saturated carbocycles. The average Bonchev–Trinajstić information content (AvgIpc) is 3.15. The van der Waals surface area contributed by atoms with Crippen molar-refractivity contribution in [2.75, 3.05) is 39.0 Å². The zero-order valence-corrected chi connectivity index (χ0v) is 19.5. The van der Waals surface area contributed by atoms with Gasteiger partial charge in [-0.3, -0.25) is 9.36 Å². The van der Waals surface area contributed by atoms with Crippen LogP contribution in [0.25, 0.3) is 11.4 Å². The number of hydrogen-bond donors (Lipinski definition) is 0.